The van der Waals surface area contributed by atoms with E-state index in [1.165, 1.54) is 25.7 Å². The summed E-state index contributed by atoms with van der Waals surface area (Å²) in [6.07, 6.45) is 5.16. The van der Waals surface area contributed by atoms with Gasteiger partial charge >= 0.3 is 0 Å². The van der Waals surface area contributed by atoms with E-state index in [0.29, 0.717) is 25.1 Å². The van der Waals surface area contributed by atoms with E-state index >= 15 is 0 Å². The third-order valence-electron chi connectivity index (χ3n) is 3.26. The van der Waals surface area contributed by atoms with Gasteiger partial charge in [0.1, 0.15) is 0 Å². The first-order valence-electron chi connectivity index (χ1n) is 6.23. The van der Waals surface area contributed by atoms with Crippen molar-refractivity contribution in [1.82, 2.24) is 10.6 Å². The molecule has 1 atom stereocenters. The maximum absolute atomic E-state index is 11.6. The normalized spacial score (nSPS) is 18.6. The average molecular weight is 228 g/mol. The standard InChI is InChI=1S/C12H24N2O2/c1-10(11-5-3-4-6-11)14-12(15)9-13-7-8-16-2/h10-11,13H,3-9H2,1-2H3,(H,14,15)/t10-/m1/s1. The highest BCUT2D eigenvalue weighted by atomic mass is 16.5. The molecule has 0 saturated heterocycles. The SMILES string of the molecule is COCCNCC(=O)N[C@H](C)C1CCCC1. The molecule has 1 rings (SSSR count). The second-order valence-electron chi connectivity index (χ2n) is 4.57. The number of ether oxygens (including phenoxy) is 1. The van der Waals surface area contributed by atoms with Crippen LogP contribution in [0.4, 0.5) is 0 Å². The van der Waals surface area contributed by atoms with E-state index in [1.54, 1.807) is 7.11 Å². The molecule has 0 spiro atoms. The minimum absolute atomic E-state index is 0.0931. The van der Waals surface area contributed by atoms with Crippen molar-refractivity contribution < 1.29 is 9.53 Å². The first-order valence-corrected chi connectivity index (χ1v) is 6.23. The van der Waals surface area contributed by atoms with Gasteiger partial charge < -0.3 is 15.4 Å². The number of carbonyl (C=O) groups excluding carboxylic acids is 1. The van der Waals surface area contributed by atoms with Crippen molar-refractivity contribution in [1.29, 1.82) is 0 Å². The summed E-state index contributed by atoms with van der Waals surface area (Å²) in [6.45, 7) is 3.87. The van der Waals surface area contributed by atoms with Crippen LogP contribution in [0.2, 0.25) is 0 Å². The Morgan fingerprint density at radius 2 is 2.12 bits per heavy atom. The molecule has 4 heteroatoms. The quantitative estimate of drug-likeness (QED) is 0.637. The number of carbonyl (C=O) groups is 1. The van der Waals surface area contributed by atoms with Gasteiger partial charge in [0.05, 0.1) is 13.2 Å². The van der Waals surface area contributed by atoms with Crippen LogP contribution in [0.25, 0.3) is 0 Å². The Balaban J connectivity index is 2.08. The van der Waals surface area contributed by atoms with Gasteiger partial charge in [-0.25, -0.2) is 0 Å². The van der Waals surface area contributed by atoms with E-state index in [2.05, 4.69) is 17.6 Å². The van der Waals surface area contributed by atoms with Crippen molar-refractivity contribution in [2.24, 2.45) is 5.92 Å². The first-order chi connectivity index (χ1) is 7.74. The maximum atomic E-state index is 11.6. The van der Waals surface area contributed by atoms with Gasteiger partial charge in [-0.15, -0.1) is 0 Å². The second-order valence-corrected chi connectivity index (χ2v) is 4.57. The Labute approximate surface area is 98.1 Å². The summed E-state index contributed by atoms with van der Waals surface area (Å²) < 4.78 is 4.89. The molecule has 0 aromatic carbocycles. The molecule has 0 unspecified atom stereocenters. The number of methoxy groups -OCH3 is 1. The van der Waals surface area contributed by atoms with Crippen LogP contribution in [-0.2, 0) is 9.53 Å². The lowest BCUT2D eigenvalue weighted by molar-refractivity contribution is -0.121. The molecule has 0 aliphatic heterocycles. The lowest BCUT2D eigenvalue weighted by Gasteiger charge is -2.20. The molecule has 16 heavy (non-hydrogen) atoms. The van der Waals surface area contributed by atoms with Crippen LogP contribution >= 0.6 is 0 Å². The molecule has 1 fully saturated rings. The highest BCUT2D eigenvalue weighted by Gasteiger charge is 2.22. The fraction of sp³-hybridized carbons (Fsp3) is 0.917. The van der Waals surface area contributed by atoms with Crippen molar-refractivity contribution in [3.05, 3.63) is 0 Å². The van der Waals surface area contributed by atoms with Gasteiger partial charge in [-0.3, -0.25) is 4.79 Å². The molecule has 1 saturated carbocycles. The van der Waals surface area contributed by atoms with Gasteiger partial charge in [0, 0.05) is 19.7 Å². The zero-order valence-corrected chi connectivity index (χ0v) is 10.4. The molecular formula is C12H24N2O2. The summed E-state index contributed by atoms with van der Waals surface area (Å²) in [5, 5.41) is 6.10. The Morgan fingerprint density at radius 3 is 2.75 bits per heavy atom. The zero-order valence-electron chi connectivity index (χ0n) is 10.4. The van der Waals surface area contributed by atoms with Crippen LogP contribution < -0.4 is 10.6 Å². The van der Waals surface area contributed by atoms with Crippen molar-refractivity contribution in [2.45, 2.75) is 38.6 Å². The Morgan fingerprint density at radius 1 is 1.44 bits per heavy atom. The van der Waals surface area contributed by atoms with Gasteiger partial charge in [0.15, 0.2) is 0 Å². The van der Waals surface area contributed by atoms with Crippen LogP contribution in [-0.4, -0.2) is 38.8 Å². The summed E-state index contributed by atoms with van der Waals surface area (Å²) in [5.41, 5.74) is 0. The van der Waals surface area contributed by atoms with Crippen LogP contribution in [0, 0.1) is 5.92 Å². The summed E-state index contributed by atoms with van der Waals surface area (Å²) in [4.78, 5) is 11.6. The summed E-state index contributed by atoms with van der Waals surface area (Å²) in [5.74, 6) is 0.776. The van der Waals surface area contributed by atoms with Crippen LogP contribution in [0.15, 0.2) is 0 Å². The van der Waals surface area contributed by atoms with Gasteiger partial charge in [0.25, 0.3) is 0 Å². The topological polar surface area (TPSA) is 50.4 Å². The summed E-state index contributed by atoms with van der Waals surface area (Å²) in [7, 11) is 1.66. The van der Waals surface area contributed by atoms with Gasteiger partial charge in [-0.1, -0.05) is 12.8 Å². The number of rotatable bonds is 7. The van der Waals surface area contributed by atoms with Crippen molar-refractivity contribution in [2.75, 3.05) is 26.8 Å². The predicted molar refractivity (Wildman–Crippen MR) is 64.3 cm³/mol. The monoisotopic (exact) mass is 228 g/mol. The smallest absolute Gasteiger partial charge is 0.234 e. The molecular weight excluding hydrogens is 204 g/mol. The van der Waals surface area contributed by atoms with E-state index in [1.807, 2.05) is 0 Å². The highest BCUT2D eigenvalue weighted by molar-refractivity contribution is 5.78. The van der Waals surface area contributed by atoms with Crippen LogP contribution in [0.3, 0.4) is 0 Å². The third-order valence-corrected chi connectivity index (χ3v) is 3.26. The molecule has 0 heterocycles. The number of hydrogen-bond donors (Lipinski definition) is 2. The van der Waals surface area contributed by atoms with Gasteiger partial charge in [-0.05, 0) is 25.7 Å². The Kier molecular flexibility index (Phi) is 6.42. The predicted octanol–water partition coefficient (Wildman–Crippen LogP) is 0.917. The van der Waals surface area contributed by atoms with E-state index in [9.17, 15) is 4.79 Å². The van der Waals surface area contributed by atoms with E-state index in [-0.39, 0.29) is 5.91 Å². The number of hydrogen-bond acceptors (Lipinski definition) is 3. The van der Waals surface area contributed by atoms with Crippen molar-refractivity contribution in [3.63, 3.8) is 0 Å². The fourth-order valence-corrected chi connectivity index (χ4v) is 2.26. The lowest BCUT2D eigenvalue weighted by Crippen LogP contribution is -2.42. The molecule has 2 N–H and O–H groups in total. The van der Waals surface area contributed by atoms with Gasteiger partial charge in [0.2, 0.25) is 5.91 Å². The summed E-state index contributed by atoms with van der Waals surface area (Å²) in [6, 6.07) is 0.319. The lowest BCUT2D eigenvalue weighted by atomic mass is 10.00. The number of nitrogens with one attached hydrogen (secondary N) is 2. The minimum atomic E-state index is 0.0931. The highest BCUT2D eigenvalue weighted by Crippen LogP contribution is 2.27. The maximum Gasteiger partial charge on any atom is 0.234 e. The third kappa shape index (κ3) is 4.94. The largest absolute Gasteiger partial charge is 0.383 e. The van der Waals surface area contributed by atoms with Crippen LogP contribution in [0.1, 0.15) is 32.6 Å². The van der Waals surface area contributed by atoms with E-state index in [0.717, 1.165) is 6.54 Å². The fourth-order valence-electron chi connectivity index (χ4n) is 2.26. The van der Waals surface area contributed by atoms with Crippen molar-refractivity contribution in [3.8, 4) is 0 Å². The molecule has 0 aromatic rings. The molecule has 0 radical (unpaired) electrons. The minimum Gasteiger partial charge on any atom is -0.383 e. The first kappa shape index (κ1) is 13.5. The number of amides is 1. The summed E-state index contributed by atoms with van der Waals surface area (Å²) >= 11 is 0. The zero-order chi connectivity index (χ0) is 11.8. The van der Waals surface area contributed by atoms with E-state index in [4.69, 9.17) is 4.74 Å². The molecule has 94 valence electrons. The molecule has 4 nitrogen and oxygen atoms in total. The molecule has 0 aromatic heterocycles. The van der Waals surface area contributed by atoms with Crippen LogP contribution in [0.5, 0.6) is 0 Å². The molecule has 1 aliphatic carbocycles. The van der Waals surface area contributed by atoms with Gasteiger partial charge in [-0.2, -0.15) is 0 Å². The molecule has 1 aliphatic rings. The average Bonchev–Trinajstić information content (AvgIpc) is 2.77. The van der Waals surface area contributed by atoms with E-state index < -0.39 is 0 Å². The Bertz CT molecular complexity index is 203. The Hall–Kier alpha value is -0.610. The molecule has 0 bridgehead atoms. The molecule has 1 amide bonds. The van der Waals surface area contributed by atoms with Crippen molar-refractivity contribution >= 4 is 5.91 Å². The second kappa shape index (κ2) is 7.63.